The van der Waals surface area contributed by atoms with E-state index in [0.717, 1.165) is 22.5 Å². The van der Waals surface area contributed by atoms with Crippen LogP contribution in [0.3, 0.4) is 0 Å². The number of rotatable bonds is 3. The maximum Gasteiger partial charge on any atom is 0.335 e. The lowest BCUT2D eigenvalue weighted by Crippen LogP contribution is -2.31. The zero-order valence-corrected chi connectivity index (χ0v) is 13.3. The summed E-state index contributed by atoms with van der Waals surface area (Å²) in [6, 6.07) is 17.3. The van der Waals surface area contributed by atoms with E-state index in [1.807, 2.05) is 73.6 Å². The number of benzene rings is 2. The van der Waals surface area contributed by atoms with Crippen LogP contribution in [0.25, 0.3) is 0 Å². The van der Waals surface area contributed by atoms with Crippen molar-refractivity contribution in [2.75, 3.05) is 19.0 Å². The van der Waals surface area contributed by atoms with E-state index >= 15 is 0 Å². The minimum atomic E-state index is -0.530. The number of hydrogen-bond acceptors (Lipinski definition) is 3. The maximum atomic E-state index is 11.8. The molecule has 1 heterocycles. The monoisotopic (exact) mass is 308 g/mol. The first-order valence-corrected chi connectivity index (χ1v) is 7.55. The number of primary amides is 1. The van der Waals surface area contributed by atoms with E-state index in [0.29, 0.717) is 6.42 Å². The molecule has 2 aromatic carbocycles. The second-order valence-electron chi connectivity index (χ2n) is 5.80. The van der Waals surface area contributed by atoms with Gasteiger partial charge in [-0.2, -0.15) is 5.10 Å². The third-order valence-electron chi connectivity index (χ3n) is 4.04. The molecule has 23 heavy (non-hydrogen) atoms. The molecule has 1 aliphatic heterocycles. The molecule has 0 saturated carbocycles. The first kappa shape index (κ1) is 15.1. The van der Waals surface area contributed by atoms with E-state index < -0.39 is 6.03 Å². The van der Waals surface area contributed by atoms with E-state index in [2.05, 4.69) is 5.10 Å². The zero-order chi connectivity index (χ0) is 16.4. The molecule has 5 heteroatoms. The van der Waals surface area contributed by atoms with Crippen LogP contribution in [0.5, 0.6) is 0 Å². The average molecular weight is 308 g/mol. The molecular formula is C18H20N4O. The van der Waals surface area contributed by atoms with Crippen molar-refractivity contribution >= 4 is 17.4 Å². The summed E-state index contributed by atoms with van der Waals surface area (Å²) in [5, 5.41) is 5.82. The van der Waals surface area contributed by atoms with Crippen LogP contribution in [0.4, 0.5) is 10.5 Å². The van der Waals surface area contributed by atoms with E-state index in [9.17, 15) is 4.79 Å². The summed E-state index contributed by atoms with van der Waals surface area (Å²) in [4.78, 5) is 13.8. The predicted molar refractivity (Wildman–Crippen MR) is 92.5 cm³/mol. The van der Waals surface area contributed by atoms with Crippen LogP contribution in [0.1, 0.15) is 23.6 Å². The summed E-state index contributed by atoms with van der Waals surface area (Å²) in [6.45, 7) is 0. The third-order valence-corrected chi connectivity index (χ3v) is 4.04. The lowest BCUT2D eigenvalue weighted by atomic mass is 9.98. The second kappa shape index (κ2) is 6.12. The van der Waals surface area contributed by atoms with Gasteiger partial charge in [0.25, 0.3) is 0 Å². The van der Waals surface area contributed by atoms with Crippen LogP contribution in [-0.2, 0) is 0 Å². The molecule has 0 fully saturated rings. The highest BCUT2D eigenvalue weighted by molar-refractivity contribution is 6.03. The van der Waals surface area contributed by atoms with Crippen LogP contribution < -0.4 is 10.6 Å². The molecule has 2 N–H and O–H groups in total. The van der Waals surface area contributed by atoms with Gasteiger partial charge in [0.2, 0.25) is 0 Å². The number of carbonyl (C=O) groups excluding carboxylic acids is 1. The standard InChI is InChI=1S/C18H20N4O/c1-21(2)15-10-8-14(9-11-15)17-12-16(20-22(17)18(19)23)13-6-4-3-5-7-13/h3-11,17H,12H2,1-2H3,(H2,19,23). The summed E-state index contributed by atoms with van der Waals surface area (Å²) in [5.74, 6) is 0. The van der Waals surface area contributed by atoms with Crippen LogP contribution in [0.15, 0.2) is 59.7 Å². The molecule has 1 unspecified atom stereocenters. The Morgan fingerprint density at radius 3 is 2.35 bits per heavy atom. The number of amides is 2. The van der Waals surface area contributed by atoms with Crippen molar-refractivity contribution in [3.63, 3.8) is 0 Å². The van der Waals surface area contributed by atoms with E-state index in [-0.39, 0.29) is 6.04 Å². The predicted octanol–water partition coefficient (Wildman–Crippen LogP) is 2.98. The molecule has 1 atom stereocenters. The van der Waals surface area contributed by atoms with E-state index in [4.69, 9.17) is 5.73 Å². The maximum absolute atomic E-state index is 11.8. The summed E-state index contributed by atoms with van der Waals surface area (Å²) >= 11 is 0. The molecule has 2 amide bonds. The van der Waals surface area contributed by atoms with Crippen molar-refractivity contribution in [3.05, 3.63) is 65.7 Å². The minimum absolute atomic E-state index is 0.154. The van der Waals surface area contributed by atoms with E-state index in [1.54, 1.807) is 0 Å². The van der Waals surface area contributed by atoms with Crippen molar-refractivity contribution in [2.45, 2.75) is 12.5 Å². The summed E-state index contributed by atoms with van der Waals surface area (Å²) in [7, 11) is 3.99. The number of urea groups is 1. The van der Waals surface area contributed by atoms with Gasteiger partial charge < -0.3 is 10.6 Å². The number of nitrogens with two attached hydrogens (primary N) is 1. The Hall–Kier alpha value is -2.82. The quantitative estimate of drug-likeness (QED) is 0.947. The molecule has 5 nitrogen and oxygen atoms in total. The van der Waals surface area contributed by atoms with Gasteiger partial charge in [0, 0.05) is 26.2 Å². The van der Waals surface area contributed by atoms with Crippen LogP contribution >= 0.6 is 0 Å². The summed E-state index contributed by atoms with van der Waals surface area (Å²) in [6.07, 6.45) is 0.661. The van der Waals surface area contributed by atoms with Crippen molar-refractivity contribution in [1.82, 2.24) is 5.01 Å². The Kier molecular flexibility index (Phi) is 4.02. The number of nitrogens with zero attached hydrogens (tertiary/aromatic N) is 3. The van der Waals surface area contributed by atoms with Gasteiger partial charge in [0.1, 0.15) is 0 Å². The van der Waals surface area contributed by atoms with Gasteiger partial charge in [0.05, 0.1) is 11.8 Å². The molecular weight excluding hydrogens is 288 g/mol. The van der Waals surface area contributed by atoms with Gasteiger partial charge in [-0.25, -0.2) is 9.80 Å². The number of anilines is 1. The molecule has 3 rings (SSSR count). The normalized spacial score (nSPS) is 17.0. The number of carbonyl (C=O) groups is 1. The lowest BCUT2D eigenvalue weighted by Gasteiger charge is -2.21. The molecule has 0 bridgehead atoms. The summed E-state index contributed by atoms with van der Waals surface area (Å²) < 4.78 is 0. The Morgan fingerprint density at radius 2 is 1.78 bits per heavy atom. The summed E-state index contributed by atoms with van der Waals surface area (Å²) in [5.41, 5.74) is 9.56. The molecule has 0 aliphatic carbocycles. The molecule has 2 aromatic rings. The smallest absolute Gasteiger partial charge is 0.335 e. The lowest BCUT2D eigenvalue weighted by molar-refractivity contribution is 0.196. The van der Waals surface area contributed by atoms with Crippen LogP contribution in [0.2, 0.25) is 0 Å². The average Bonchev–Trinajstić information content (AvgIpc) is 3.01. The fourth-order valence-corrected chi connectivity index (χ4v) is 2.77. The largest absolute Gasteiger partial charge is 0.378 e. The fourth-order valence-electron chi connectivity index (χ4n) is 2.77. The SMILES string of the molecule is CN(C)c1ccc(C2CC(c3ccccc3)=NN2C(N)=O)cc1. The minimum Gasteiger partial charge on any atom is -0.378 e. The highest BCUT2D eigenvalue weighted by atomic mass is 16.2. The second-order valence-corrected chi connectivity index (χ2v) is 5.80. The Labute approximate surface area is 136 Å². The Bertz CT molecular complexity index is 722. The van der Waals surface area contributed by atoms with Crippen LogP contribution in [0, 0.1) is 0 Å². The molecule has 0 saturated heterocycles. The molecule has 0 aromatic heterocycles. The molecule has 118 valence electrons. The van der Waals surface area contributed by atoms with Crippen molar-refractivity contribution in [1.29, 1.82) is 0 Å². The van der Waals surface area contributed by atoms with Gasteiger partial charge >= 0.3 is 6.03 Å². The van der Waals surface area contributed by atoms with Gasteiger partial charge in [-0.3, -0.25) is 0 Å². The number of hydrazone groups is 1. The van der Waals surface area contributed by atoms with Crippen molar-refractivity contribution in [2.24, 2.45) is 10.8 Å². The Balaban J connectivity index is 1.89. The zero-order valence-electron chi connectivity index (χ0n) is 13.3. The van der Waals surface area contributed by atoms with Gasteiger partial charge in [-0.1, -0.05) is 42.5 Å². The molecule has 1 aliphatic rings. The fraction of sp³-hybridized carbons (Fsp3) is 0.222. The topological polar surface area (TPSA) is 61.9 Å². The first-order chi connectivity index (χ1) is 11.1. The highest BCUT2D eigenvalue weighted by Crippen LogP contribution is 2.33. The van der Waals surface area contributed by atoms with Gasteiger partial charge in [0.15, 0.2) is 0 Å². The van der Waals surface area contributed by atoms with Crippen LogP contribution in [-0.4, -0.2) is 30.8 Å². The van der Waals surface area contributed by atoms with Gasteiger partial charge in [-0.15, -0.1) is 0 Å². The molecule has 0 radical (unpaired) electrons. The first-order valence-electron chi connectivity index (χ1n) is 7.55. The van der Waals surface area contributed by atoms with Gasteiger partial charge in [-0.05, 0) is 23.3 Å². The van der Waals surface area contributed by atoms with E-state index in [1.165, 1.54) is 5.01 Å². The van der Waals surface area contributed by atoms with Crippen molar-refractivity contribution < 1.29 is 4.79 Å². The molecule has 0 spiro atoms. The van der Waals surface area contributed by atoms with Crippen molar-refractivity contribution in [3.8, 4) is 0 Å². The Morgan fingerprint density at radius 1 is 1.13 bits per heavy atom. The third kappa shape index (κ3) is 3.04. The highest BCUT2D eigenvalue weighted by Gasteiger charge is 2.31. The number of hydrogen-bond donors (Lipinski definition) is 1.